The van der Waals surface area contributed by atoms with E-state index in [1.165, 1.54) is 18.2 Å². The van der Waals surface area contributed by atoms with Gasteiger partial charge in [-0.15, -0.1) is 0 Å². The van der Waals surface area contributed by atoms with Crippen LogP contribution in [0, 0.1) is 0 Å². The Morgan fingerprint density at radius 3 is 2.43 bits per heavy atom. The molecule has 0 unspecified atom stereocenters. The molecule has 3 rings (SSSR count). The van der Waals surface area contributed by atoms with Crippen molar-refractivity contribution in [3.05, 3.63) is 12.3 Å². The number of nitrogens with zero attached hydrogens (tertiary/aromatic N) is 5. The van der Waals surface area contributed by atoms with Crippen molar-refractivity contribution >= 4 is 29.4 Å². The van der Waals surface area contributed by atoms with Gasteiger partial charge in [0.15, 0.2) is 5.16 Å². The zero-order chi connectivity index (χ0) is 19.9. The molecule has 150 valence electrons. The van der Waals surface area contributed by atoms with Crippen LogP contribution in [0.3, 0.4) is 0 Å². The van der Waals surface area contributed by atoms with Crippen LogP contribution < -0.4 is 19.7 Å². The molecular formula is C18H24N6O3S. The Bertz CT molecular complexity index is 804. The van der Waals surface area contributed by atoms with Crippen molar-refractivity contribution in [3.8, 4) is 11.8 Å². The number of carbonyl (C=O) groups excluding carboxylic acids is 1. The maximum Gasteiger partial charge on any atom is 0.236 e. The van der Waals surface area contributed by atoms with Crippen LogP contribution in [0.1, 0.15) is 32.6 Å². The van der Waals surface area contributed by atoms with Crippen molar-refractivity contribution in [3.63, 3.8) is 0 Å². The molecule has 0 spiro atoms. The van der Waals surface area contributed by atoms with E-state index in [2.05, 4.69) is 30.2 Å². The fourth-order valence-electron chi connectivity index (χ4n) is 2.78. The SMILES string of the molecule is CCC(=O)Nc1ccnc(Sc2c(OC)nc(N3CCCCC3)nc2OC)n1. The van der Waals surface area contributed by atoms with Crippen molar-refractivity contribution in [2.24, 2.45) is 0 Å². The number of hydrogen-bond donors (Lipinski definition) is 1. The van der Waals surface area contributed by atoms with E-state index in [-0.39, 0.29) is 5.91 Å². The van der Waals surface area contributed by atoms with Gasteiger partial charge < -0.3 is 19.7 Å². The molecule has 2 aromatic rings. The second-order valence-corrected chi connectivity index (χ2v) is 7.12. The molecule has 9 nitrogen and oxygen atoms in total. The first-order valence-corrected chi connectivity index (χ1v) is 10.0. The van der Waals surface area contributed by atoms with Crippen molar-refractivity contribution < 1.29 is 14.3 Å². The summed E-state index contributed by atoms with van der Waals surface area (Å²) < 4.78 is 11.0. The predicted octanol–water partition coefficient (Wildman–Crippen LogP) is 2.77. The molecule has 1 amide bonds. The van der Waals surface area contributed by atoms with E-state index in [1.807, 2.05) is 0 Å². The minimum absolute atomic E-state index is 0.112. The summed E-state index contributed by atoms with van der Waals surface area (Å²) in [4.78, 5) is 32.1. The molecule has 1 saturated heterocycles. The fourth-order valence-corrected chi connectivity index (χ4v) is 3.65. The summed E-state index contributed by atoms with van der Waals surface area (Å²) in [6.45, 7) is 3.62. The van der Waals surface area contributed by atoms with Crippen LogP contribution in [-0.4, -0.2) is 53.2 Å². The lowest BCUT2D eigenvalue weighted by Crippen LogP contribution is -2.31. The largest absolute Gasteiger partial charge is 0.480 e. The molecule has 0 saturated carbocycles. The molecule has 10 heteroatoms. The number of carbonyl (C=O) groups is 1. The minimum atomic E-state index is -0.112. The van der Waals surface area contributed by atoms with Crippen LogP contribution in [0.25, 0.3) is 0 Å². The molecule has 2 aromatic heterocycles. The molecule has 1 aliphatic rings. The number of rotatable bonds is 7. The molecule has 1 fully saturated rings. The van der Waals surface area contributed by atoms with Gasteiger partial charge in [0.1, 0.15) is 10.7 Å². The van der Waals surface area contributed by atoms with E-state index in [1.54, 1.807) is 33.4 Å². The van der Waals surface area contributed by atoms with Crippen LogP contribution in [-0.2, 0) is 4.79 Å². The van der Waals surface area contributed by atoms with Crippen molar-refractivity contribution in [2.75, 3.05) is 37.5 Å². The zero-order valence-electron chi connectivity index (χ0n) is 16.3. The number of amides is 1. The molecule has 1 aliphatic heterocycles. The van der Waals surface area contributed by atoms with Gasteiger partial charge in [0, 0.05) is 25.7 Å². The van der Waals surface area contributed by atoms with E-state index in [0.29, 0.717) is 40.0 Å². The number of methoxy groups -OCH3 is 2. The highest BCUT2D eigenvalue weighted by atomic mass is 32.2. The normalized spacial score (nSPS) is 13.9. The summed E-state index contributed by atoms with van der Waals surface area (Å²) in [5.74, 6) is 1.74. The standard InChI is InChI=1S/C18H24N6O3S/c1-4-13(25)20-12-8-9-19-18(21-12)28-14-15(26-2)22-17(23-16(14)27-3)24-10-6-5-7-11-24/h8-9H,4-7,10-11H2,1-3H3,(H,19,20,21,25). The lowest BCUT2D eigenvalue weighted by molar-refractivity contribution is -0.115. The van der Waals surface area contributed by atoms with Gasteiger partial charge in [-0.25, -0.2) is 9.97 Å². The van der Waals surface area contributed by atoms with E-state index in [9.17, 15) is 4.79 Å². The summed E-state index contributed by atoms with van der Waals surface area (Å²) in [6.07, 6.45) is 5.42. The average molecular weight is 404 g/mol. The molecule has 0 aromatic carbocycles. The number of anilines is 2. The van der Waals surface area contributed by atoms with Crippen LogP contribution in [0.4, 0.5) is 11.8 Å². The van der Waals surface area contributed by atoms with Gasteiger partial charge in [0.25, 0.3) is 0 Å². The third-order valence-electron chi connectivity index (χ3n) is 4.23. The number of ether oxygens (including phenoxy) is 2. The molecule has 1 N–H and O–H groups in total. The van der Waals surface area contributed by atoms with E-state index in [0.717, 1.165) is 25.9 Å². The highest BCUT2D eigenvalue weighted by molar-refractivity contribution is 7.99. The number of hydrogen-bond acceptors (Lipinski definition) is 9. The highest BCUT2D eigenvalue weighted by Gasteiger charge is 2.22. The first kappa shape index (κ1) is 20.1. The lowest BCUT2D eigenvalue weighted by atomic mass is 10.1. The molecule has 0 aliphatic carbocycles. The smallest absolute Gasteiger partial charge is 0.236 e. The summed E-state index contributed by atoms with van der Waals surface area (Å²) in [5.41, 5.74) is 0. The Morgan fingerprint density at radius 1 is 1.14 bits per heavy atom. The quantitative estimate of drug-likeness (QED) is 0.698. The van der Waals surface area contributed by atoms with Crippen molar-refractivity contribution in [1.82, 2.24) is 19.9 Å². The first-order chi connectivity index (χ1) is 13.6. The zero-order valence-corrected chi connectivity index (χ0v) is 17.1. The maximum atomic E-state index is 11.6. The van der Waals surface area contributed by atoms with Crippen LogP contribution >= 0.6 is 11.8 Å². The van der Waals surface area contributed by atoms with Crippen molar-refractivity contribution in [1.29, 1.82) is 0 Å². The molecule has 3 heterocycles. The molecule has 0 bridgehead atoms. The predicted molar refractivity (Wildman–Crippen MR) is 106 cm³/mol. The topological polar surface area (TPSA) is 102 Å². The van der Waals surface area contributed by atoms with E-state index in [4.69, 9.17) is 9.47 Å². The summed E-state index contributed by atoms with van der Waals surface area (Å²) in [6, 6.07) is 1.64. The second kappa shape index (κ2) is 9.54. The van der Waals surface area contributed by atoms with Gasteiger partial charge in [0.05, 0.1) is 14.2 Å². The van der Waals surface area contributed by atoms with Gasteiger partial charge in [-0.05, 0) is 37.1 Å². The van der Waals surface area contributed by atoms with Gasteiger partial charge >= 0.3 is 0 Å². The van der Waals surface area contributed by atoms with Crippen LogP contribution in [0.2, 0.25) is 0 Å². The molecule has 0 atom stereocenters. The fraction of sp³-hybridized carbons (Fsp3) is 0.500. The minimum Gasteiger partial charge on any atom is -0.480 e. The monoisotopic (exact) mass is 404 g/mol. The average Bonchev–Trinajstić information content (AvgIpc) is 2.74. The Hall–Kier alpha value is -2.62. The van der Waals surface area contributed by atoms with Gasteiger partial charge in [-0.1, -0.05) is 6.92 Å². The third-order valence-corrected chi connectivity index (χ3v) is 5.17. The Balaban J connectivity index is 1.88. The van der Waals surface area contributed by atoms with E-state index >= 15 is 0 Å². The lowest BCUT2D eigenvalue weighted by Gasteiger charge is -2.27. The number of aromatic nitrogens is 4. The molecular weight excluding hydrogens is 380 g/mol. The van der Waals surface area contributed by atoms with Crippen LogP contribution in [0.15, 0.2) is 22.3 Å². The van der Waals surface area contributed by atoms with Gasteiger partial charge in [-0.2, -0.15) is 9.97 Å². The van der Waals surface area contributed by atoms with Crippen molar-refractivity contribution in [2.45, 2.75) is 42.7 Å². The Morgan fingerprint density at radius 2 is 1.82 bits per heavy atom. The van der Waals surface area contributed by atoms with Gasteiger partial charge in [0.2, 0.25) is 23.6 Å². The Kier molecular flexibility index (Phi) is 6.85. The molecule has 0 radical (unpaired) electrons. The first-order valence-electron chi connectivity index (χ1n) is 9.20. The molecule has 28 heavy (non-hydrogen) atoms. The number of piperidine rings is 1. The summed E-state index contributed by atoms with van der Waals surface area (Å²) in [5, 5.41) is 3.15. The maximum absolute atomic E-state index is 11.6. The highest BCUT2D eigenvalue weighted by Crippen LogP contribution is 2.40. The van der Waals surface area contributed by atoms with Crippen LogP contribution in [0.5, 0.6) is 11.8 Å². The summed E-state index contributed by atoms with van der Waals surface area (Å²) in [7, 11) is 3.12. The number of nitrogens with one attached hydrogen (secondary N) is 1. The second-order valence-electron chi connectivity index (χ2n) is 6.15. The Labute approximate surface area is 168 Å². The summed E-state index contributed by atoms with van der Waals surface area (Å²) >= 11 is 1.23. The third kappa shape index (κ3) is 4.80. The van der Waals surface area contributed by atoms with E-state index < -0.39 is 0 Å². The van der Waals surface area contributed by atoms with Gasteiger partial charge in [-0.3, -0.25) is 4.79 Å².